The van der Waals surface area contributed by atoms with Crippen LogP contribution in [0.4, 0.5) is 0 Å². The van der Waals surface area contributed by atoms with Gasteiger partial charge in [-0.15, -0.1) is 0 Å². The largest absolute Gasteiger partial charge is 0.354 e. The molecule has 3 nitrogen and oxygen atoms in total. The van der Waals surface area contributed by atoms with Crippen LogP contribution in [0.1, 0.15) is 22.7 Å². The van der Waals surface area contributed by atoms with Gasteiger partial charge in [-0.25, -0.2) is 0 Å². The summed E-state index contributed by atoms with van der Waals surface area (Å²) in [5, 5.41) is 3.24. The first-order valence-electron chi connectivity index (χ1n) is 5.44. The van der Waals surface area contributed by atoms with Gasteiger partial charge in [0, 0.05) is 14.2 Å². The summed E-state index contributed by atoms with van der Waals surface area (Å²) < 4.78 is 10.6. The molecule has 16 heavy (non-hydrogen) atoms. The highest BCUT2D eigenvalue weighted by Crippen LogP contribution is 2.23. The summed E-state index contributed by atoms with van der Waals surface area (Å²) in [7, 11) is 5.23. The van der Waals surface area contributed by atoms with Crippen molar-refractivity contribution >= 4 is 0 Å². The van der Waals surface area contributed by atoms with Gasteiger partial charge < -0.3 is 14.8 Å². The molecule has 0 aliphatic carbocycles. The maximum Gasteiger partial charge on any atom is 0.176 e. The summed E-state index contributed by atoms with van der Waals surface area (Å²) in [4.78, 5) is 0. The monoisotopic (exact) mass is 223 g/mol. The second-order valence-electron chi connectivity index (χ2n) is 3.97. The highest BCUT2D eigenvalue weighted by molar-refractivity contribution is 5.33. The molecule has 1 N–H and O–H groups in total. The minimum Gasteiger partial charge on any atom is -0.354 e. The first kappa shape index (κ1) is 13.2. The van der Waals surface area contributed by atoms with E-state index < -0.39 is 0 Å². The van der Waals surface area contributed by atoms with E-state index in [4.69, 9.17) is 9.47 Å². The van der Waals surface area contributed by atoms with Gasteiger partial charge in [0.1, 0.15) is 0 Å². The third-order valence-electron chi connectivity index (χ3n) is 2.82. The van der Waals surface area contributed by atoms with Gasteiger partial charge in [0.15, 0.2) is 6.29 Å². The number of hydrogen-bond acceptors (Lipinski definition) is 3. The standard InChI is InChI=1S/C13H21NO2/c1-9-6-7-10(2)11(8-9)12(14-3)13(15-4)16-5/h6-8,12-14H,1-5H3. The van der Waals surface area contributed by atoms with Crippen LogP contribution in [0.25, 0.3) is 0 Å². The summed E-state index contributed by atoms with van der Waals surface area (Å²) >= 11 is 0. The molecule has 1 aromatic rings. The second-order valence-corrected chi connectivity index (χ2v) is 3.97. The molecule has 90 valence electrons. The first-order valence-corrected chi connectivity index (χ1v) is 5.44. The quantitative estimate of drug-likeness (QED) is 0.776. The predicted octanol–water partition coefficient (Wildman–Crippen LogP) is 2.18. The third kappa shape index (κ3) is 2.82. The Bertz CT molecular complexity index is 335. The van der Waals surface area contributed by atoms with E-state index in [9.17, 15) is 0 Å². The fraction of sp³-hybridized carbons (Fsp3) is 0.538. The summed E-state index contributed by atoms with van der Waals surface area (Å²) in [6.45, 7) is 4.19. The normalized spacial score (nSPS) is 13.1. The molecular formula is C13H21NO2. The Hall–Kier alpha value is -0.900. The van der Waals surface area contributed by atoms with Gasteiger partial charge in [-0.3, -0.25) is 0 Å². The topological polar surface area (TPSA) is 30.5 Å². The number of nitrogens with one attached hydrogen (secondary N) is 1. The molecule has 0 fully saturated rings. The molecule has 0 saturated carbocycles. The van der Waals surface area contributed by atoms with Crippen molar-refractivity contribution in [3.63, 3.8) is 0 Å². The van der Waals surface area contributed by atoms with Crippen molar-refractivity contribution in [1.29, 1.82) is 0 Å². The number of benzene rings is 1. The molecule has 0 spiro atoms. The Morgan fingerprint density at radius 1 is 1.12 bits per heavy atom. The summed E-state index contributed by atoms with van der Waals surface area (Å²) in [5.74, 6) is 0. The molecule has 0 bridgehead atoms. The number of likely N-dealkylation sites (N-methyl/N-ethyl adjacent to an activating group) is 1. The Morgan fingerprint density at radius 3 is 2.25 bits per heavy atom. The van der Waals surface area contributed by atoms with E-state index in [0.717, 1.165) is 0 Å². The first-order chi connectivity index (χ1) is 7.63. The van der Waals surface area contributed by atoms with E-state index in [1.165, 1.54) is 16.7 Å². The molecule has 0 aliphatic rings. The number of aryl methyl sites for hydroxylation is 2. The molecule has 0 radical (unpaired) electrons. The molecular weight excluding hydrogens is 202 g/mol. The third-order valence-corrected chi connectivity index (χ3v) is 2.82. The molecule has 0 heterocycles. The Balaban J connectivity index is 3.06. The van der Waals surface area contributed by atoms with Crippen LogP contribution in [0.3, 0.4) is 0 Å². The Labute approximate surface area is 97.8 Å². The van der Waals surface area contributed by atoms with Crippen molar-refractivity contribution in [3.8, 4) is 0 Å². The molecule has 1 aromatic carbocycles. The van der Waals surface area contributed by atoms with Crippen molar-refractivity contribution in [2.75, 3.05) is 21.3 Å². The molecule has 1 rings (SSSR count). The van der Waals surface area contributed by atoms with Crippen molar-refractivity contribution in [2.45, 2.75) is 26.2 Å². The summed E-state index contributed by atoms with van der Waals surface area (Å²) in [5.41, 5.74) is 3.70. The van der Waals surface area contributed by atoms with Gasteiger partial charge in [0.25, 0.3) is 0 Å². The number of hydrogen-bond donors (Lipinski definition) is 1. The van der Waals surface area contributed by atoms with Gasteiger partial charge in [-0.05, 0) is 32.0 Å². The molecule has 1 atom stereocenters. The lowest BCUT2D eigenvalue weighted by Gasteiger charge is -2.26. The highest BCUT2D eigenvalue weighted by Gasteiger charge is 2.22. The minimum atomic E-state index is -0.273. The Kier molecular flexibility index (Phi) is 4.93. The molecule has 0 aliphatic heterocycles. The molecule has 0 aromatic heterocycles. The van der Waals surface area contributed by atoms with Crippen LogP contribution in [0.2, 0.25) is 0 Å². The fourth-order valence-electron chi connectivity index (χ4n) is 1.90. The van der Waals surface area contributed by atoms with Gasteiger partial charge in [-0.1, -0.05) is 23.8 Å². The summed E-state index contributed by atoms with van der Waals surface area (Å²) in [6, 6.07) is 6.45. The second kappa shape index (κ2) is 5.99. The van der Waals surface area contributed by atoms with Gasteiger partial charge >= 0.3 is 0 Å². The lowest BCUT2D eigenvalue weighted by atomic mass is 9.98. The van der Waals surface area contributed by atoms with E-state index in [1.807, 2.05) is 7.05 Å². The molecule has 0 saturated heterocycles. The predicted molar refractivity (Wildman–Crippen MR) is 65.5 cm³/mol. The van der Waals surface area contributed by atoms with Crippen LogP contribution in [0.5, 0.6) is 0 Å². The van der Waals surface area contributed by atoms with Crippen LogP contribution in [0.15, 0.2) is 18.2 Å². The van der Waals surface area contributed by atoms with Crippen molar-refractivity contribution in [3.05, 3.63) is 34.9 Å². The van der Waals surface area contributed by atoms with Crippen LogP contribution < -0.4 is 5.32 Å². The van der Waals surface area contributed by atoms with Crippen molar-refractivity contribution in [1.82, 2.24) is 5.32 Å². The highest BCUT2D eigenvalue weighted by atomic mass is 16.7. The molecule has 3 heteroatoms. The van der Waals surface area contributed by atoms with Gasteiger partial charge in [-0.2, -0.15) is 0 Å². The zero-order valence-electron chi connectivity index (χ0n) is 10.7. The van der Waals surface area contributed by atoms with E-state index in [2.05, 4.69) is 37.4 Å². The van der Waals surface area contributed by atoms with Crippen molar-refractivity contribution in [2.24, 2.45) is 0 Å². The Morgan fingerprint density at radius 2 is 1.75 bits per heavy atom. The zero-order chi connectivity index (χ0) is 12.1. The lowest BCUT2D eigenvalue weighted by Crippen LogP contribution is -2.32. The fourth-order valence-corrected chi connectivity index (χ4v) is 1.90. The van der Waals surface area contributed by atoms with E-state index in [1.54, 1.807) is 14.2 Å². The average molecular weight is 223 g/mol. The van der Waals surface area contributed by atoms with Crippen LogP contribution in [-0.2, 0) is 9.47 Å². The summed E-state index contributed by atoms with van der Waals surface area (Å²) in [6.07, 6.45) is -0.273. The van der Waals surface area contributed by atoms with E-state index in [-0.39, 0.29) is 12.3 Å². The zero-order valence-corrected chi connectivity index (χ0v) is 10.7. The maximum atomic E-state index is 5.32. The number of ether oxygens (including phenoxy) is 2. The SMILES string of the molecule is CNC(c1cc(C)ccc1C)C(OC)OC. The van der Waals surface area contributed by atoms with E-state index in [0.29, 0.717) is 0 Å². The number of rotatable bonds is 5. The van der Waals surface area contributed by atoms with Crippen LogP contribution in [0, 0.1) is 13.8 Å². The van der Waals surface area contributed by atoms with E-state index >= 15 is 0 Å². The lowest BCUT2D eigenvalue weighted by molar-refractivity contribution is -0.123. The smallest absolute Gasteiger partial charge is 0.176 e. The minimum absolute atomic E-state index is 0.0508. The number of methoxy groups -OCH3 is 2. The molecule has 1 unspecified atom stereocenters. The molecule has 0 amide bonds. The van der Waals surface area contributed by atoms with Crippen LogP contribution >= 0.6 is 0 Å². The maximum absolute atomic E-state index is 5.32. The average Bonchev–Trinajstić information content (AvgIpc) is 2.29. The van der Waals surface area contributed by atoms with Gasteiger partial charge in [0.05, 0.1) is 6.04 Å². The van der Waals surface area contributed by atoms with Crippen molar-refractivity contribution < 1.29 is 9.47 Å². The van der Waals surface area contributed by atoms with Crippen LogP contribution in [-0.4, -0.2) is 27.6 Å². The van der Waals surface area contributed by atoms with Gasteiger partial charge in [0.2, 0.25) is 0 Å².